The van der Waals surface area contributed by atoms with Crippen LogP contribution in [0.4, 0.5) is 0 Å². The molecular weight excluding hydrogens is 244 g/mol. The van der Waals surface area contributed by atoms with Crippen LogP contribution in [0.3, 0.4) is 0 Å². The molecule has 96 valence electrons. The number of nitrogens with zero attached hydrogens (tertiary/aromatic N) is 2. The van der Waals surface area contributed by atoms with E-state index in [-0.39, 0.29) is 0 Å². The fourth-order valence-corrected chi connectivity index (χ4v) is 2.16. The van der Waals surface area contributed by atoms with Crippen LogP contribution < -0.4 is 9.16 Å². The van der Waals surface area contributed by atoms with Crippen molar-refractivity contribution in [1.29, 1.82) is 0 Å². The quantitative estimate of drug-likeness (QED) is 0.522. The first-order valence-electron chi connectivity index (χ1n) is 6.02. The van der Waals surface area contributed by atoms with Gasteiger partial charge >= 0.3 is 0 Å². The van der Waals surface area contributed by atoms with Crippen LogP contribution in [0, 0.1) is 10.1 Å². The third-order valence-electron chi connectivity index (χ3n) is 3.01. The monoisotopic (exact) mass is 256 g/mol. The van der Waals surface area contributed by atoms with Crippen molar-refractivity contribution in [2.24, 2.45) is 0 Å². The maximum absolute atomic E-state index is 12.3. The molecule has 0 saturated carbocycles. The zero-order valence-electron chi connectivity index (χ0n) is 10.4. The van der Waals surface area contributed by atoms with E-state index in [1.165, 1.54) is 0 Å². The standard InChI is InChI=1S/C14H12N2O3/c1-2-19-10-7-8-13-14(9-10)16(18)12-6-4-3-5-11(12)15(13)17/h3-9H,2H2,1H3. The van der Waals surface area contributed by atoms with Gasteiger partial charge in [-0.05, 0) is 19.1 Å². The molecule has 0 unspecified atom stereocenters. The SMILES string of the molecule is CCOc1ccc2c(c1)n([O-])c1ccccc1[n+]2=O. The lowest BCUT2D eigenvalue weighted by atomic mass is 10.2. The predicted octanol–water partition coefficient (Wildman–Crippen LogP) is 2.45. The summed E-state index contributed by atoms with van der Waals surface area (Å²) >= 11 is 0. The van der Waals surface area contributed by atoms with Gasteiger partial charge in [0.1, 0.15) is 16.8 Å². The van der Waals surface area contributed by atoms with Gasteiger partial charge in [0.2, 0.25) is 0 Å². The lowest BCUT2D eigenvalue weighted by Crippen LogP contribution is -2.19. The van der Waals surface area contributed by atoms with Gasteiger partial charge in [-0.1, -0.05) is 12.1 Å². The Morgan fingerprint density at radius 2 is 1.89 bits per heavy atom. The van der Waals surface area contributed by atoms with Crippen LogP contribution in [0.15, 0.2) is 42.5 Å². The lowest BCUT2D eigenvalue weighted by molar-refractivity contribution is -0.432. The predicted molar refractivity (Wildman–Crippen MR) is 72.7 cm³/mol. The van der Waals surface area contributed by atoms with E-state index in [2.05, 4.69) is 0 Å². The maximum Gasteiger partial charge on any atom is 0.287 e. The summed E-state index contributed by atoms with van der Waals surface area (Å²) in [6.07, 6.45) is 0. The summed E-state index contributed by atoms with van der Waals surface area (Å²) in [6.45, 7) is 2.37. The smallest absolute Gasteiger partial charge is 0.287 e. The molecule has 0 fully saturated rings. The molecule has 0 aliphatic rings. The van der Waals surface area contributed by atoms with Crippen LogP contribution in [-0.2, 0) is 0 Å². The van der Waals surface area contributed by atoms with Crippen molar-refractivity contribution in [2.45, 2.75) is 6.92 Å². The van der Waals surface area contributed by atoms with Gasteiger partial charge in [-0.25, -0.2) is 0 Å². The summed E-state index contributed by atoms with van der Waals surface area (Å²) in [5, 5.41) is 12.3. The molecule has 5 heteroatoms. The second-order valence-electron chi connectivity index (χ2n) is 4.16. The van der Waals surface area contributed by atoms with E-state index < -0.39 is 0 Å². The molecular formula is C14H12N2O3. The molecule has 1 heterocycles. The van der Waals surface area contributed by atoms with E-state index in [1.807, 2.05) is 6.92 Å². The Kier molecular flexibility index (Phi) is 2.59. The van der Waals surface area contributed by atoms with E-state index in [1.54, 1.807) is 42.5 Å². The number of aromatic nitrogens is 2. The fraction of sp³-hybridized carbons (Fsp3) is 0.143. The molecule has 0 saturated heterocycles. The largest absolute Gasteiger partial charge is 0.805 e. The van der Waals surface area contributed by atoms with Gasteiger partial charge < -0.3 is 14.7 Å². The Morgan fingerprint density at radius 3 is 2.68 bits per heavy atom. The topological polar surface area (TPSA) is 60.2 Å². The van der Waals surface area contributed by atoms with Crippen LogP contribution in [-0.4, -0.2) is 11.3 Å². The van der Waals surface area contributed by atoms with E-state index in [9.17, 15) is 10.1 Å². The van der Waals surface area contributed by atoms with Gasteiger partial charge in [-0.3, -0.25) is 0 Å². The zero-order chi connectivity index (χ0) is 13.4. The molecule has 0 aliphatic heterocycles. The zero-order valence-corrected chi connectivity index (χ0v) is 10.4. The minimum Gasteiger partial charge on any atom is -0.805 e. The number of hydrogen-bond donors (Lipinski definition) is 0. The van der Waals surface area contributed by atoms with Gasteiger partial charge in [-0.15, -0.1) is 0 Å². The van der Waals surface area contributed by atoms with Gasteiger partial charge in [0.15, 0.2) is 0 Å². The first-order valence-corrected chi connectivity index (χ1v) is 6.02. The Morgan fingerprint density at radius 1 is 1.16 bits per heavy atom. The lowest BCUT2D eigenvalue weighted by Gasteiger charge is -2.14. The molecule has 19 heavy (non-hydrogen) atoms. The highest BCUT2D eigenvalue weighted by Gasteiger charge is 2.15. The van der Waals surface area contributed by atoms with Gasteiger partial charge in [0, 0.05) is 23.1 Å². The first-order chi connectivity index (χ1) is 9.22. The van der Waals surface area contributed by atoms with Crippen LogP contribution in [0.25, 0.3) is 22.1 Å². The average molecular weight is 256 g/mol. The normalized spacial score (nSPS) is 11.0. The summed E-state index contributed by atoms with van der Waals surface area (Å²) in [6, 6.07) is 11.6. The molecule has 5 nitrogen and oxygen atoms in total. The molecule has 0 bridgehead atoms. The molecule has 2 aromatic carbocycles. The fourth-order valence-electron chi connectivity index (χ4n) is 2.16. The van der Waals surface area contributed by atoms with Crippen LogP contribution in [0.5, 0.6) is 5.75 Å². The van der Waals surface area contributed by atoms with Gasteiger partial charge in [0.05, 0.1) is 11.0 Å². The number of benzene rings is 2. The van der Waals surface area contributed by atoms with Crippen LogP contribution >= 0.6 is 0 Å². The Hall–Kier alpha value is -2.56. The van der Waals surface area contributed by atoms with Crippen molar-refractivity contribution in [3.63, 3.8) is 0 Å². The Balaban J connectivity index is 2.46. The number of para-hydroxylation sites is 2. The van der Waals surface area contributed by atoms with E-state index >= 15 is 0 Å². The minimum atomic E-state index is 0.305. The van der Waals surface area contributed by atoms with E-state index in [0.717, 1.165) is 9.16 Å². The summed E-state index contributed by atoms with van der Waals surface area (Å²) in [5.74, 6) is 0.579. The number of rotatable bonds is 2. The van der Waals surface area contributed by atoms with Crippen molar-refractivity contribution >= 4 is 22.1 Å². The second-order valence-corrected chi connectivity index (χ2v) is 4.16. The van der Waals surface area contributed by atoms with Crippen molar-refractivity contribution < 1.29 is 9.16 Å². The number of hydrogen-bond acceptors (Lipinski definition) is 3. The molecule has 0 amide bonds. The Bertz CT molecular complexity index is 824. The second kappa shape index (κ2) is 4.28. The Labute approximate surface area is 108 Å². The van der Waals surface area contributed by atoms with Crippen molar-refractivity contribution in [3.8, 4) is 5.75 Å². The molecule has 0 N–H and O–H groups in total. The minimum absolute atomic E-state index is 0.305. The van der Waals surface area contributed by atoms with Crippen molar-refractivity contribution in [1.82, 2.24) is 4.73 Å². The summed E-state index contributed by atoms with van der Waals surface area (Å²) in [4.78, 5) is 12.2. The van der Waals surface area contributed by atoms with Crippen molar-refractivity contribution in [3.05, 3.63) is 52.6 Å². The van der Waals surface area contributed by atoms with Crippen LogP contribution in [0.2, 0.25) is 0 Å². The molecule has 3 aromatic rings. The van der Waals surface area contributed by atoms with Gasteiger partial charge in [0.25, 0.3) is 11.0 Å². The molecule has 0 spiro atoms. The number of fused-ring (bicyclic) bond motifs is 2. The van der Waals surface area contributed by atoms with E-state index in [4.69, 9.17) is 4.74 Å². The first kappa shape index (κ1) is 11.5. The molecule has 3 rings (SSSR count). The summed E-state index contributed by atoms with van der Waals surface area (Å²) in [7, 11) is 0. The summed E-state index contributed by atoms with van der Waals surface area (Å²) in [5.41, 5.74) is 1.34. The molecule has 0 atom stereocenters. The summed E-state index contributed by atoms with van der Waals surface area (Å²) < 4.78 is 6.90. The average Bonchev–Trinajstić information content (AvgIpc) is 2.45. The third kappa shape index (κ3) is 1.71. The molecule has 1 aromatic heterocycles. The van der Waals surface area contributed by atoms with Crippen LogP contribution in [0.1, 0.15) is 6.92 Å². The molecule has 0 radical (unpaired) electrons. The van der Waals surface area contributed by atoms with E-state index in [0.29, 0.717) is 34.4 Å². The highest BCUT2D eigenvalue weighted by molar-refractivity contribution is 5.83. The highest BCUT2D eigenvalue weighted by atomic mass is 16.5. The molecule has 0 aliphatic carbocycles. The third-order valence-corrected chi connectivity index (χ3v) is 3.01. The number of ether oxygens (including phenoxy) is 1. The maximum atomic E-state index is 12.3. The highest BCUT2D eigenvalue weighted by Crippen LogP contribution is 2.21. The van der Waals surface area contributed by atoms with Crippen molar-refractivity contribution in [2.75, 3.05) is 6.61 Å². The van der Waals surface area contributed by atoms with Gasteiger partial charge in [-0.2, -0.15) is 0 Å².